The summed E-state index contributed by atoms with van der Waals surface area (Å²) in [6, 6.07) is 40.2. The van der Waals surface area contributed by atoms with Crippen LogP contribution >= 0.6 is 31.9 Å². The van der Waals surface area contributed by atoms with E-state index in [9.17, 15) is 25.0 Å². The Labute approximate surface area is 589 Å². The molecule has 0 atom stereocenters. The lowest BCUT2D eigenvalue weighted by molar-refractivity contribution is -2.00. The smallest absolute Gasteiger partial charge is 0.283 e. The highest BCUT2D eigenvalue weighted by molar-refractivity contribution is 9.11. The molecule has 25 heteroatoms. The van der Waals surface area contributed by atoms with Crippen molar-refractivity contribution in [1.82, 2.24) is 0 Å². The molecule has 2 spiro atoms. The number of Topliss-reactive ketones (excluding diaryl/α,β-unsaturated/α-hetero) is 1. The van der Waals surface area contributed by atoms with Crippen molar-refractivity contribution in [3.05, 3.63) is 196 Å². The third kappa shape index (κ3) is 15.3. The molecule has 0 unspecified atom stereocenters. The second kappa shape index (κ2) is 30.5. The van der Waals surface area contributed by atoms with E-state index >= 15 is 0 Å². The summed E-state index contributed by atoms with van der Waals surface area (Å²) in [6.45, 7) is 14.2. The number of hydrogen-bond donors (Lipinski definition) is 0. The zero-order valence-corrected chi connectivity index (χ0v) is 59.7. The number of fused-ring (bicyclic) bond motifs is 10. The zero-order chi connectivity index (χ0) is 69.3. The van der Waals surface area contributed by atoms with E-state index < -0.39 is 42.1 Å². The van der Waals surface area contributed by atoms with E-state index in [1.54, 1.807) is 12.1 Å². The number of halogens is 4. The van der Waals surface area contributed by atoms with Crippen molar-refractivity contribution >= 4 is 105 Å². The molecule has 2 fully saturated rings. The number of carbonyl (C=O) groups is 1. The molecule has 2 aliphatic carbocycles. The van der Waals surface area contributed by atoms with Gasteiger partial charge < -0.3 is 11.0 Å². The molecule has 6 aromatic rings. The Kier molecular flexibility index (Phi) is 23.7. The number of nitro groups is 2. The van der Waals surface area contributed by atoms with Gasteiger partial charge in [-0.1, -0.05) is 125 Å². The Hall–Kier alpha value is -7.53. The van der Waals surface area contributed by atoms with Crippen LogP contribution in [0.5, 0.6) is 0 Å². The van der Waals surface area contributed by atoms with Crippen LogP contribution in [-0.4, -0.2) is 60.2 Å². The van der Waals surface area contributed by atoms with Gasteiger partial charge in [0.2, 0.25) is 11.4 Å². The third-order valence-corrected chi connectivity index (χ3v) is 20.7. The first kappa shape index (κ1) is 76.2. The van der Waals surface area contributed by atoms with Gasteiger partial charge in [0, 0.05) is 94.7 Å². The van der Waals surface area contributed by atoms with E-state index in [2.05, 4.69) is 212 Å². The van der Waals surface area contributed by atoms with E-state index in [4.69, 9.17) is 37.3 Å². The summed E-state index contributed by atoms with van der Waals surface area (Å²) in [5, 5.41) is 29.5. The van der Waals surface area contributed by atoms with Gasteiger partial charge in [0.05, 0.1) is 53.8 Å². The molecule has 4 heterocycles. The number of benzene rings is 6. The first-order valence-corrected chi connectivity index (χ1v) is 35.9. The summed E-state index contributed by atoms with van der Waals surface area (Å²) in [7, 11) is -9.89. The van der Waals surface area contributed by atoms with E-state index in [-0.39, 0.29) is 38.0 Å². The summed E-state index contributed by atoms with van der Waals surface area (Å²) in [6.07, 6.45) is 24.9. The molecular weight excluding hydrogens is 1430 g/mol. The Morgan fingerprint density at radius 3 is 1.23 bits per heavy atom. The molecule has 0 saturated heterocycles. The molecule has 0 bridgehead atoms. The predicted octanol–water partition coefficient (Wildman–Crippen LogP) is 7.04. The number of nitro benzene ring substituents is 2. The Balaban J connectivity index is 0.000000953. The van der Waals surface area contributed by atoms with Crippen LogP contribution in [0.25, 0.3) is 21.5 Å². The fourth-order valence-corrected chi connectivity index (χ4v) is 16.4. The summed E-state index contributed by atoms with van der Waals surface area (Å²) >= 11 is 7.07. The number of rotatable bonds is 12. The molecule has 0 amide bonds. The molecule has 4 N–H and O–H groups in total. The van der Waals surface area contributed by atoms with E-state index in [0.29, 0.717) is 47.7 Å². The largest absolute Gasteiger partial charge is 0.412 e. The fourth-order valence-electron chi connectivity index (χ4n) is 15.5. The fraction of sp³-hybridized carbons (Fsp3) is 0.356. The van der Waals surface area contributed by atoms with Crippen LogP contribution in [-0.2, 0) is 26.5 Å². The molecule has 0 radical (unpaired) electrons. The highest BCUT2D eigenvalue weighted by Crippen LogP contribution is 2.59. The van der Waals surface area contributed by atoms with Crippen molar-refractivity contribution in [3.8, 4) is 23.9 Å². The summed E-state index contributed by atoms with van der Waals surface area (Å²) in [5.41, 5.74) is 11.1. The molecule has 2 saturated carbocycles. The summed E-state index contributed by atoms with van der Waals surface area (Å²) in [4.78, 5) is 43.2. The first-order chi connectivity index (χ1) is 45.5. The van der Waals surface area contributed by atoms with Gasteiger partial charge in [-0.05, 0) is 154 Å². The molecule has 12 rings (SSSR count). The third-order valence-electron chi connectivity index (χ3n) is 19.4. The molecule has 21 nitrogen and oxygen atoms in total. The highest BCUT2D eigenvalue weighted by Gasteiger charge is 2.52. The standard InChI is InChI=1S/C73H72Br2N6O5.2ClHO4.2H2O/c1-7-9-41-76-60-47-56(74)62(80(83)84)45-54(60)72(37-17-11-18-38-72)66(76)29-21-27-64-70(3,4)68-52-25-15-13-23-49(52)31-33-58(68)78(64)43-35-51(82)36-44-79-59-34-32-50-24-14-16-26-53(50)69(59)71(5,6)65(79)28-22-30-67-73(39-19-12-20-40-73)55-46-63(81(85)86)57(75)48-61(55)77(67)42-10-8-2;2*2-1(3,4)5;;/h13-16,21-34,45-48H,7-8,11-12,17-20,35-40,43-44H2,1-6H3;2*(H,2,3,4,5);2*1H2/q+2;;;;/p-2. The maximum Gasteiger partial charge on any atom is 0.283 e. The van der Waals surface area contributed by atoms with Crippen LogP contribution in [0.4, 0.5) is 34.1 Å². The van der Waals surface area contributed by atoms with Gasteiger partial charge in [-0.2, -0.15) is 9.15 Å². The second-order valence-electron chi connectivity index (χ2n) is 25.7. The van der Waals surface area contributed by atoms with Crippen molar-refractivity contribution in [2.45, 2.75) is 153 Å². The minimum Gasteiger partial charge on any atom is -0.412 e. The van der Waals surface area contributed by atoms with Crippen LogP contribution in [0.15, 0.2) is 154 Å². The van der Waals surface area contributed by atoms with Gasteiger partial charge in [0.1, 0.15) is 5.78 Å². The normalized spacial score (nSPS) is 18.3. The first-order valence-electron chi connectivity index (χ1n) is 31.9. The highest BCUT2D eigenvalue weighted by atomic mass is 79.9. The van der Waals surface area contributed by atoms with Crippen LogP contribution < -0.4 is 47.1 Å². The van der Waals surface area contributed by atoms with E-state index in [1.165, 1.54) is 32.7 Å². The molecule has 98 heavy (non-hydrogen) atoms. The maximum atomic E-state index is 14.8. The molecule has 6 aliphatic rings. The lowest BCUT2D eigenvalue weighted by Gasteiger charge is -2.35. The monoisotopic (exact) mass is 1500 g/mol. The van der Waals surface area contributed by atoms with Crippen LogP contribution in [0.3, 0.4) is 0 Å². The SMILES string of the molecule is CCC#CN1/C(=C/C=C/C2=[N+](CCC(=O)CC[N+]3=C(/C=C/C=C4/N(C#CCC)c5cc(Br)c([N+](=O)[O-])cc5C45CCCCC5)C(C)(C)c4c3ccc3ccccc43)c3ccc4ccccc4c3C2(C)C)C2(CCCCC2)c2cc([N+](=O)[O-])c(Br)cc21.O.O.[O-][Cl+3]([O-])([O-])[O-].[O-][Cl+3]([O-])([O-])[O-]. The molecule has 6 aromatic carbocycles. The van der Waals surface area contributed by atoms with Crippen molar-refractivity contribution in [2.24, 2.45) is 0 Å². The van der Waals surface area contributed by atoms with Crippen molar-refractivity contribution in [3.63, 3.8) is 0 Å². The second-order valence-corrected chi connectivity index (χ2v) is 28.9. The number of nitrogens with zero attached hydrogens (tertiary/aromatic N) is 6. The number of allylic oxidation sites excluding steroid dienone is 8. The summed E-state index contributed by atoms with van der Waals surface area (Å²) in [5.74, 6) is 6.81. The van der Waals surface area contributed by atoms with Crippen molar-refractivity contribution < 1.29 is 92.5 Å². The maximum absolute atomic E-state index is 14.8. The number of hydrogen-bond acceptors (Lipinski definition) is 15. The van der Waals surface area contributed by atoms with Gasteiger partial charge in [-0.25, -0.2) is 37.3 Å². The average Bonchev–Trinajstić information content (AvgIpc) is 1.59. The Morgan fingerprint density at radius 2 is 0.898 bits per heavy atom. The quantitative estimate of drug-likeness (QED) is 0.0513. The van der Waals surface area contributed by atoms with Crippen molar-refractivity contribution in [1.29, 1.82) is 0 Å². The minimum atomic E-state index is -4.94. The predicted molar refractivity (Wildman–Crippen MR) is 362 cm³/mol. The van der Waals surface area contributed by atoms with Gasteiger partial charge in [0.15, 0.2) is 24.5 Å². The average molecular weight is 1510 g/mol. The van der Waals surface area contributed by atoms with Crippen LogP contribution in [0, 0.1) is 64.6 Å². The van der Waals surface area contributed by atoms with Crippen LogP contribution in [0.2, 0.25) is 0 Å². The van der Waals surface area contributed by atoms with Crippen LogP contribution in [0.1, 0.15) is 154 Å². The molecular formula is C73H76Br2Cl2N6O15. The lowest BCUT2D eigenvalue weighted by Crippen LogP contribution is -2.68. The van der Waals surface area contributed by atoms with E-state index in [0.717, 1.165) is 121 Å². The summed E-state index contributed by atoms with van der Waals surface area (Å²) < 4.78 is 73.6. The topological polar surface area (TPSA) is 363 Å². The van der Waals surface area contributed by atoms with Gasteiger partial charge in [0.25, 0.3) is 11.4 Å². The Bertz CT molecular complexity index is 4170. The molecule has 516 valence electrons. The molecule has 4 aliphatic heterocycles. The van der Waals surface area contributed by atoms with Gasteiger partial charge in [-0.15, -0.1) is 20.5 Å². The molecule has 0 aromatic heterocycles. The lowest BCUT2D eigenvalue weighted by atomic mass is 9.68. The van der Waals surface area contributed by atoms with Gasteiger partial charge >= 0.3 is 0 Å². The number of carbonyl (C=O) groups excluding carboxylic acids is 1. The van der Waals surface area contributed by atoms with Crippen molar-refractivity contribution in [2.75, 3.05) is 22.9 Å². The Morgan fingerprint density at radius 1 is 0.551 bits per heavy atom. The minimum absolute atomic E-state index is 0. The van der Waals surface area contributed by atoms with E-state index in [1.807, 2.05) is 26.0 Å². The number of ketones is 1. The van der Waals surface area contributed by atoms with Gasteiger partial charge in [-0.3, -0.25) is 34.8 Å². The zero-order valence-electron chi connectivity index (χ0n) is 55.0. The number of anilines is 2.